The number of amides is 1. The number of aromatic hydroxyl groups is 1. The largest absolute Gasteiger partial charge is 0.507 e. The van der Waals surface area contributed by atoms with Crippen molar-refractivity contribution in [3.63, 3.8) is 0 Å². The highest BCUT2D eigenvalue weighted by Crippen LogP contribution is 2.39. The zero-order valence-electron chi connectivity index (χ0n) is 20.8. The molecule has 0 fully saturated rings. The number of fused-ring (bicyclic) bond motifs is 1. The van der Waals surface area contributed by atoms with Crippen molar-refractivity contribution in [1.29, 1.82) is 0 Å². The summed E-state index contributed by atoms with van der Waals surface area (Å²) in [6.45, 7) is 7.33. The van der Waals surface area contributed by atoms with Crippen molar-refractivity contribution >= 4 is 23.0 Å². The highest BCUT2D eigenvalue weighted by Gasteiger charge is 2.25. The molecular weight excluding hydrogens is 450 g/mol. The number of carbonyl (C=O) groups is 2. The number of furan rings is 1. The smallest absolute Gasteiger partial charge is 0.408 e. The number of alkyl carbamates (subject to hydrolysis) is 1. The van der Waals surface area contributed by atoms with Gasteiger partial charge in [-0.3, -0.25) is 0 Å². The van der Waals surface area contributed by atoms with E-state index in [2.05, 4.69) is 12.2 Å². The van der Waals surface area contributed by atoms with Gasteiger partial charge in [0.2, 0.25) is 0 Å². The van der Waals surface area contributed by atoms with Gasteiger partial charge in [-0.05, 0) is 69.0 Å². The number of methoxy groups -OCH3 is 1. The number of carbonyl (C=O) groups excluding carboxylic acids is 2. The van der Waals surface area contributed by atoms with Gasteiger partial charge in [-0.15, -0.1) is 0 Å². The predicted molar refractivity (Wildman–Crippen MR) is 132 cm³/mol. The average molecular weight is 484 g/mol. The second-order valence-electron chi connectivity index (χ2n) is 9.32. The van der Waals surface area contributed by atoms with Gasteiger partial charge < -0.3 is 29.1 Å². The molecule has 3 aromatic rings. The molecule has 1 heterocycles. The summed E-state index contributed by atoms with van der Waals surface area (Å²) in [7, 11) is 1.27. The molecule has 0 aliphatic carbocycles. The number of unbranched alkanes of at least 4 members (excludes halogenated alkanes) is 1. The molecule has 35 heavy (non-hydrogen) atoms. The monoisotopic (exact) mass is 483 g/mol. The SMILES string of the molecule is CCCCc1cc(Oc2ccc(C[C@H](NC(=O)OC(C)(C)C)C(=O)OC)cc2)c2occc2c1O. The van der Waals surface area contributed by atoms with Gasteiger partial charge >= 0.3 is 12.1 Å². The van der Waals surface area contributed by atoms with Crippen LogP contribution in [0.25, 0.3) is 11.0 Å². The minimum Gasteiger partial charge on any atom is -0.507 e. The van der Waals surface area contributed by atoms with Crippen LogP contribution in [0.5, 0.6) is 17.2 Å². The standard InChI is InChI=1S/C27H33NO7/c1-6-7-8-18-16-22(24-20(23(18)29)13-14-33-24)34-19-11-9-17(10-12-19)15-21(25(30)32-5)28-26(31)35-27(2,3)4/h9-14,16,21,29H,6-8,15H2,1-5H3,(H,28,31)/t21-/m0/s1. The number of aryl methyl sites for hydroxylation is 1. The van der Waals surface area contributed by atoms with Gasteiger partial charge in [0.15, 0.2) is 11.3 Å². The van der Waals surface area contributed by atoms with E-state index in [0.717, 1.165) is 30.4 Å². The number of rotatable bonds is 9. The fraction of sp³-hybridized carbons (Fsp3) is 0.407. The number of ether oxygens (including phenoxy) is 3. The van der Waals surface area contributed by atoms with Crippen LogP contribution in [0.1, 0.15) is 51.7 Å². The maximum Gasteiger partial charge on any atom is 0.408 e. The molecule has 1 aromatic heterocycles. The summed E-state index contributed by atoms with van der Waals surface area (Å²) in [6, 6.07) is 9.78. The van der Waals surface area contributed by atoms with Crippen molar-refractivity contribution in [2.24, 2.45) is 0 Å². The zero-order chi connectivity index (χ0) is 25.6. The van der Waals surface area contributed by atoms with E-state index < -0.39 is 23.7 Å². The topological polar surface area (TPSA) is 107 Å². The van der Waals surface area contributed by atoms with Gasteiger partial charge in [0, 0.05) is 6.42 Å². The molecule has 1 atom stereocenters. The van der Waals surface area contributed by atoms with Crippen LogP contribution < -0.4 is 10.1 Å². The fourth-order valence-electron chi connectivity index (χ4n) is 3.63. The number of hydrogen-bond donors (Lipinski definition) is 2. The van der Waals surface area contributed by atoms with Crippen LogP contribution in [0.4, 0.5) is 4.79 Å². The maximum atomic E-state index is 12.2. The Balaban J connectivity index is 1.75. The van der Waals surface area contributed by atoms with Crippen LogP contribution >= 0.6 is 0 Å². The Morgan fingerprint density at radius 3 is 2.49 bits per heavy atom. The van der Waals surface area contributed by atoms with Crippen molar-refractivity contribution < 1.29 is 33.3 Å². The van der Waals surface area contributed by atoms with Crippen LogP contribution in [0, 0.1) is 0 Å². The van der Waals surface area contributed by atoms with Crippen molar-refractivity contribution in [1.82, 2.24) is 5.32 Å². The van der Waals surface area contributed by atoms with Crippen molar-refractivity contribution in [3.8, 4) is 17.2 Å². The summed E-state index contributed by atoms with van der Waals surface area (Å²) in [6.07, 6.45) is 3.74. The Kier molecular flexibility index (Phi) is 8.27. The lowest BCUT2D eigenvalue weighted by molar-refractivity contribution is -0.143. The highest BCUT2D eigenvalue weighted by atomic mass is 16.6. The minimum absolute atomic E-state index is 0.217. The van der Waals surface area contributed by atoms with E-state index in [1.165, 1.54) is 13.4 Å². The Bertz CT molecular complexity index is 1160. The van der Waals surface area contributed by atoms with Crippen molar-refractivity contribution in [2.45, 2.75) is 65.0 Å². The summed E-state index contributed by atoms with van der Waals surface area (Å²) in [5.74, 6) is 0.727. The first-order valence-electron chi connectivity index (χ1n) is 11.7. The molecule has 0 aliphatic heterocycles. The molecule has 2 N–H and O–H groups in total. The first-order chi connectivity index (χ1) is 16.6. The average Bonchev–Trinajstić information content (AvgIpc) is 3.30. The molecule has 8 nitrogen and oxygen atoms in total. The molecular formula is C27H33NO7. The highest BCUT2D eigenvalue weighted by molar-refractivity contribution is 5.90. The van der Waals surface area contributed by atoms with E-state index in [1.54, 1.807) is 51.1 Å². The van der Waals surface area contributed by atoms with E-state index in [9.17, 15) is 14.7 Å². The fourth-order valence-corrected chi connectivity index (χ4v) is 3.63. The normalized spacial score (nSPS) is 12.3. The quantitative estimate of drug-likeness (QED) is 0.366. The Morgan fingerprint density at radius 2 is 1.86 bits per heavy atom. The molecule has 188 valence electrons. The lowest BCUT2D eigenvalue weighted by Gasteiger charge is -2.22. The summed E-state index contributed by atoms with van der Waals surface area (Å²) < 4.78 is 21.7. The number of benzene rings is 2. The maximum absolute atomic E-state index is 12.2. The summed E-state index contributed by atoms with van der Waals surface area (Å²) in [5.41, 5.74) is 1.38. The van der Waals surface area contributed by atoms with E-state index >= 15 is 0 Å². The molecule has 0 bridgehead atoms. The molecule has 1 amide bonds. The van der Waals surface area contributed by atoms with Crippen LogP contribution in [0.2, 0.25) is 0 Å². The van der Waals surface area contributed by atoms with Gasteiger partial charge in [0.1, 0.15) is 23.1 Å². The second kappa shape index (κ2) is 11.2. The number of phenols is 1. The molecule has 0 aliphatic rings. The van der Waals surface area contributed by atoms with Crippen LogP contribution in [-0.4, -0.2) is 35.9 Å². The number of hydrogen-bond acceptors (Lipinski definition) is 7. The van der Waals surface area contributed by atoms with Crippen LogP contribution in [-0.2, 0) is 27.1 Å². The zero-order valence-corrected chi connectivity index (χ0v) is 20.8. The Hall–Kier alpha value is -3.68. The van der Waals surface area contributed by atoms with E-state index in [-0.39, 0.29) is 12.2 Å². The molecule has 0 unspecified atom stereocenters. The molecule has 0 saturated heterocycles. The van der Waals surface area contributed by atoms with Crippen molar-refractivity contribution in [2.75, 3.05) is 7.11 Å². The first kappa shape index (κ1) is 25.9. The molecule has 0 saturated carbocycles. The van der Waals surface area contributed by atoms with E-state index in [4.69, 9.17) is 18.6 Å². The van der Waals surface area contributed by atoms with E-state index in [0.29, 0.717) is 22.5 Å². The predicted octanol–water partition coefficient (Wildman–Crippen LogP) is 5.88. The van der Waals surface area contributed by atoms with Gasteiger partial charge in [-0.2, -0.15) is 0 Å². The van der Waals surface area contributed by atoms with Gasteiger partial charge in [-0.1, -0.05) is 25.5 Å². The molecule has 2 aromatic carbocycles. The van der Waals surface area contributed by atoms with Gasteiger partial charge in [-0.25, -0.2) is 9.59 Å². The Labute approximate surface area is 205 Å². The van der Waals surface area contributed by atoms with Crippen LogP contribution in [0.15, 0.2) is 47.1 Å². The molecule has 0 radical (unpaired) electrons. The van der Waals surface area contributed by atoms with Crippen LogP contribution in [0.3, 0.4) is 0 Å². The van der Waals surface area contributed by atoms with E-state index in [1.807, 2.05) is 6.07 Å². The molecule has 0 spiro atoms. The lowest BCUT2D eigenvalue weighted by atomic mass is 10.0. The minimum atomic E-state index is -0.900. The summed E-state index contributed by atoms with van der Waals surface area (Å²) in [4.78, 5) is 24.4. The third-order valence-electron chi connectivity index (χ3n) is 5.32. The third-order valence-corrected chi connectivity index (χ3v) is 5.32. The number of phenolic OH excluding ortho intramolecular Hbond substituents is 1. The van der Waals surface area contributed by atoms with Gasteiger partial charge in [0.25, 0.3) is 0 Å². The van der Waals surface area contributed by atoms with Gasteiger partial charge in [0.05, 0.1) is 18.8 Å². The second-order valence-corrected chi connectivity index (χ2v) is 9.32. The molecule has 8 heteroatoms. The Morgan fingerprint density at radius 1 is 1.14 bits per heavy atom. The third kappa shape index (κ3) is 6.91. The lowest BCUT2D eigenvalue weighted by Crippen LogP contribution is -2.45. The molecule has 3 rings (SSSR count). The van der Waals surface area contributed by atoms with Crippen molar-refractivity contribution in [3.05, 3.63) is 53.8 Å². The summed E-state index contributed by atoms with van der Waals surface area (Å²) >= 11 is 0. The number of esters is 1. The summed E-state index contributed by atoms with van der Waals surface area (Å²) in [5, 5.41) is 13.8. The number of nitrogens with one attached hydrogen (secondary N) is 1. The first-order valence-corrected chi connectivity index (χ1v) is 11.7.